The molecule has 3 N–H and O–H groups in total. The van der Waals surface area contributed by atoms with Crippen molar-refractivity contribution in [1.29, 1.82) is 0 Å². The molecule has 0 amide bonds. The molecule has 1 heterocycles. The lowest BCUT2D eigenvalue weighted by molar-refractivity contribution is 0.0171. The van der Waals surface area contributed by atoms with Crippen molar-refractivity contribution >= 4 is 5.84 Å². The first-order chi connectivity index (χ1) is 7.24. The third-order valence-corrected chi connectivity index (χ3v) is 2.68. The summed E-state index contributed by atoms with van der Waals surface area (Å²) in [4.78, 5) is 0. The van der Waals surface area contributed by atoms with Crippen LogP contribution in [-0.2, 0) is 9.47 Å². The second-order valence-corrected chi connectivity index (χ2v) is 4.02. The highest BCUT2D eigenvalue weighted by molar-refractivity contribution is 5.81. The van der Waals surface area contributed by atoms with Crippen LogP contribution in [0.5, 0.6) is 0 Å². The molecule has 1 unspecified atom stereocenters. The Morgan fingerprint density at radius 1 is 1.60 bits per heavy atom. The third-order valence-electron chi connectivity index (χ3n) is 2.68. The predicted octanol–water partition coefficient (Wildman–Crippen LogP) is 0.812. The summed E-state index contributed by atoms with van der Waals surface area (Å²) in [7, 11) is 0. The van der Waals surface area contributed by atoms with E-state index in [-0.39, 0.29) is 11.8 Å². The van der Waals surface area contributed by atoms with Crippen LogP contribution in [0.1, 0.15) is 19.8 Å². The summed E-state index contributed by atoms with van der Waals surface area (Å²) in [5.74, 6) is 0.787. The first-order valence-electron chi connectivity index (χ1n) is 5.37. The van der Waals surface area contributed by atoms with Gasteiger partial charge in [-0.2, -0.15) is 0 Å². The minimum Gasteiger partial charge on any atom is -0.409 e. The topological polar surface area (TPSA) is 77.1 Å². The molecule has 88 valence electrons. The molecule has 15 heavy (non-hydrogen) atoms. The largest absolute Gasteiger partial charge is 0.409 e. The summed E-state index contributed by atoms with van der Waals surface area (Å²) in [6.45, 7) is 4.80. The number of hydrogen-bond acceptors (Lipinski definition) is 4. The van der Waals surface area contributed by atoms with Crippen LogP contribution in [-0.4, -0.2) is 37.5 Å². The van der Waals surface area contributed by atoms with E-state index in [1.165, 1.54) is 0 Å². The van der Waals surface area contributed by atoms with Gasteiger partial charge in [-0.1, -0.05) is 12.1 Å². The smallest absolute Gasteiger partial charge is 0.144 e. The fraction of sp³-hybridized carbons (Fsp3) is 0.900. The van der Waals surface area contributed by atoms with Crippen LogP contribution in [0.15, 0.2) is 5.16 Å². The molecular weight excluding hydrogens is 196 g/mol. The SMILES string of the molecule is CC(COCC1CCOCC1)C(N)=NO. The highest BCUT2D eigenvalue weighted by Gasteiger charge is 2.15. The number of nitrogens with zero attached hydrogens (tertiary/aromatic N) is 1. The second kappa shape index (κ2) is 6.63. The van der Waals surface area contributed by atoms with Crippen molar-refractivity contribution < 1.29 is 14.7 Å². The standard InChI is InChI=1S/C10H20N2O3/c1-8(10(11)12-13)6-15-7-9-2-4-14-5-3-9/h8-9,13H,2-7H2,1H3,(H2,11,12). The Balaban J connectivity index is 2.09. The minimum absolute atomic E-state index is 0.0326. The molecule has 0 aromatic carbocycles. The normalized spacial score (nSPS) is 21.5. The average Bonchev–Trinajstić information content (AvgIpc) is 2.29. The van der Waals surface area contributed by atoms with Gasteiger partial charge in [-0.3, -0.25) is 0 Å². The fourth-order valence-electron chi connectivity index (χ4n) is 1.51. The first-order valence-corrected chi connectivity index (χ1v) is 5.37. The number of amidine groups is 1. The second-order valence-electron chi connectivity index (χ2n) is 4.02. The molecular formula is C10H20N2O3. The highest BCUT2D eigenvalue weighted by atomic mass is 16.5. The maximum atomic E-state index is 8.44. The summed E-state index contributed by atoms with van der Waals surface area (Å²) in [6, 6.07) is 0. The fourth-order valence-corrected chi connectivity index (χ4v) is 1.51. The summed E-state index contributed by atoms with van der Waals surface area (Å²) in [5.41, 5.74) is 5.44. The van der Waals surface area contributed by atoms with Crippen molar-refractivity contribution in [2.45, 2.75) is 19.8 Å². The Morgan fingerprint density at radius 3 is 2.87 bits per heavy atom. The van der Waals surface area contributed by atoms with Gasteiger partial charge >= 0.3 is 0 Å². The van der Waals surface area contributed by atoms with Gasteiger partial charge in [0.1, 0.15) is 5.84 Å². The van der Waals surface area contributed by atoms with Crippen LogP contribution in [0, 0.1) is 11.8 Å². The molecule has 0 bridgehead atoms. The van der Waals surface area contributed by atoms with Crippen molar-refractivity contribution in [1.82, 2.24) is 0 Å². The molecule has 0 aromatic rings. The van der Waals surface area contributed by atoms with Gasteiger partial charge in [0.2, 0.25) is 0 Å². The zero-order valence-electron chi connectivity index (χ0n) is 9.19. The van der Waals surface area contributed by atoms with E-state index in [0.29, 0.717) is 12.5 Å². The highest BCUT2D eigenvalue weighted by Crippen LogP contribution is 2.15. The van der Waals surface area contributed by atoms with Crippen molar-refractivity contribution in [2.24, 2.45) is 22.7 Å². The molecule has 1 rings (SSSR count). The van der Waals surface area contributed by atoms with E-state index in [0.717, 1.165) is 32.7 Å². The molecule has 1 atom stereocenters. The number of oxime groups is 1. The van der Waals surface area contributed by atoms with E-state index in [1.54, 1.807) is 0 Å². The van der Waals surface area contributed by atoms with Crippen LogP contribution in [0.2, 0.25) is 0 Å². The van der Waals surface area contributed by atoms with Crippen LogP contribution in [0.3, 0.4) is 0 Å². The first kappa shape index (κ1) is 12.3. The van der Waals surface area contributed by atoms with Gasteiger partial charge in [-0.25, -0.2) is 0 Å². The van der Waals surface area contributed by atoms with Gasteiger partial charge in [0.25, 0.3) is 0 Å². The van der Waals surface area contributed by atoms with E-state index in [9.17, 15) is 0 Å². The molecule has 1 aliphatic rings. The zero-order valence-corrected chi connectivity index (χ0v) is 9.19. The Labute approximate surface area is 90.2 Å². The van der Waals surface area contributed by atoms with E-state index in [2.05, 4.69) is 5.16 Å². The molecule has 5 nitrogen and oxygen atoms in total. The maximum absolute atomic E-state index is 8.44. The van der Waals surface area contributed by atoms with Crippen molar-refractivity contribution in [3.05, 3.63) is 0 Å². The van der Waals surface area contributed by atoms with E-state index >= 15 is 0 Å². The lowest BCUT2D eigenvalue weighted by Crippen LogP contribution is -2.27. The number of nitrogens with two attached hydrogens (primary N) is 1. The van der Waals surface area contributed by atoms with E-state index < -0.39 is 0 Å². The third kappa shape index (κ3) is 4.48. The monoisotopic (exact) mass is 216 g/mol. The van der Waals surface area contributed by atoms with Crippen molar-refractivity contribution in [2.75, 3.05) is 26.4 Å². The Morgan fingerprint density at radius 2 is 2.27 bits per heavy atom. The molecule has 0 radical (unpaired) electrons. The predicted molar refractivity (Wildman–Crippen MR) is 56.9 cm³/mol. The molecule has 0 saturated carbocycles. The van der Waals surface area contributed by atoms with E-state index in [1.807, 2.05) is 6.92 Å². The number of ether oxygens (including phenoxy) is 2. The Hall–Kier alpha value is -0.810. The van der Waals surface area contributed by atoms with Gasteiger partial charge in [-0.15, -0.1) is 0 Å². The minimum atomic E-state index is -0.0326. The average molecular weight is 216 g/mol. The van der Waals surface area contributed by atoms with Crippen molar-refractivity contribution in [3.8, 4) is 0 Å². The number of rotatable bonds is 5. The van der Waals surface area contributed by atoms with Gasteiger partial charge in [0.15, 0.2) is 0 Å². The molecule has 0 aliphatic carbocycles. The zero-order chi connectivity index (χ0) is 11.1. The number of hydrogen-bond donors (Lipinski definition) is 2. The molecule has 1 aliphatic heterocycles. The van der Waals surface area contributed by atoms with Crippen LogP contribution in [0.25, 0.3) is 0 Å². The van der Waals surface area contributed by atoms with Gasteiger partial charge in [0.05, 0.1) is 6.61 Å². The molecule has 1 saturated heterocycles. The Kier molecular flexibility index (Phi) is 5.42. The van der Waals surface area contributed by atoms with Crippen LogP contribution < -0.4 is 5.73 Å². The maximum Gasteiger partial charge on any atom is 0.144 e. The molecule has 5 heteroatoms. The summed E-state index contributed by atoms with van der Waals surface area (Å²) in [5, 5.41) is 11.4. The van der Waals surface area contributed by atoms with Crippen LogP contribution in [0.4, 0.5) is 0 Å². The molecule has 0 spiro atoms. The Bertz CT molecular complexity index is 203. The summed E-state index contributed by atoms with van der Waals surface area (Å²) < 4.78 is 10.8. The van der Waals surface area contributed by atoms with Crippen LogP contribution >= 0.6 is 0 Å². The van der Waals surface area contributed by atoms with Gasteiger partial charge in [-0.05, 0) is 18.8 Å². The quantitative estimate of drug-likeness (QED) is 0.308. The van der Waals surface area contributed by atoms with Gasteiger partial charge in [0, 0.05) is 25.7 Å². The van der Waals surface area contributed by atoms with Crippen molar-refractivity contribution in [3.63, 3.8) is 0 Å². The molecule has 0 aromatic heterocycles. The summed E-state index contributed by atoms with van der Waals surface area (Å²) in [6.07, 6.45) is 2.13. The lowest BCUT2D eigenvalue weighted by atomic mass is 10.0. The van der Waals surface area contributed by atoms with Gasteiger partial charge < -0.3 is 20.4 Å². The lowest BCUT2D eigenvalue weighted by Gasteiger charge is -2.22. The molecule has 1 fully saturated rings. The summed E-state index contributed by atoms with van der Waals surface area (Å²) >= 11 is 0. The van der Waals surface area contributed by atoms with E-state index in [4.69, 9.17) is 20.4 Å².